The van der Waals surface area contributed by atoms with E-state index < -0.39 is 17.9 Å². The Bertz CT molecular complexity index is 543. The molecule has 0 heterocycles. The Balaban J connectivity index is 2.77. The smallest absolute Gasteiger partial charge is 0.251 e. The van der Waals surface area contributed by atoms with Crippen LogP contribution in [0.4, 0.5) is 0 Å². The van der Waals surface area contributed by atoms with Crippen LogP contribution in [0.15, 0.2) is 24.3 Å². The Hall–Kier alpha value is -2.08. The predicted octanol–water partition coefficient (Wildman–Crippen LogP) is 1.23. The molecule has 6 nitrogen and oxygen atoms in total. The predicted molar refractivity (Wildman–Crippen MR) is 84.4 cm³/mol. The van der Waals surface area contributed by atoms with Gasteiger partial charge in [-0.25, -0.2) is 0 Å². The second kappa shape index (κ2) is 8.38. The van der Waals surface area contributed by atoms with Crippen molar-refractivity contribution in [3.05, 3.63) is 34.9 Å². The number of primary amides is 1. The quantitative estimate of drug-likeness (QED) is 0.702. The van der Waals surface area contributed by atoms with Crippen LogP contribution in [0.3, 0.4) is 0 Å². The van der Waals surface area contributed by atoms with Gasteiger partial charge in [0.15, 0.2) is 0 Å². The first-order chi connectivity index (χ1) is 10.3. The lowest BCUT2D eigenvalue weighted by molar-refractivity contribution is -0.124. The van der Waals surface area contributed by atoms with Crippen LogP contribution in [0.2, 0.25) is 5.02 Å². The summed E-state index contributed by atoms with van der Waals surface area (Å²) in [6, 6.07) is 5.40. The number of halogens is 1. The maximum absolute atomic E-state index is 12.2. The maximum atomic E-state index is 12.2. The number of amides is 3. The normalized spacial score (nSPS) is 11.8. The van der Waals surface area contributed by atoms with Gasteiger partial charge in [0.2, 0.25) is 11.8 Å². The third kappa shape index (κ3) is 6.13. The molecule has 0 aromatic heterocycles. The molecule has 4 N–H and O–H groups in total. The lowest BCUT2D eigenvalue weighted by Crippen LogP contribution is -2.48. The highest BCUT2D eigenvalue weighted by molar-refractivity contribution is 6.30. The summed E-state index contributed by atoms with van der Waals surface area (Å²) in [5, 5.41) is 5.83. The Kier molecular flexibility index (Phi) is 6.85. The van der Waals surface area contributed by atoms with E-state index in [-0.39, 0.29) is 24.8 Å². The number of hydrogen-bond donors (Lipinski definition) is 3. The Morgan fingerprint density at radius 2 is 1.73 bits per heavy atom. The molecule has 7 heteroatoms. The van der Waals surface area contributed by atoms with E-state index in [1.54, 1.807) is 24.3 Å². The minimum absolute atomic E-state index is 0.0110. The molecule has 120 valence electrons. The molecular formula is C15H20ClN3O3. The highest BCUT2D eigenvalue weighted by atomic mass is 35.5. The maximum Gasteiger partial charge on any atom is 0.251 e. The summed E-state index contributed by atoms with van der Waals surface area (Å²) in [7, 11) is 0. The molecule has 1 atom stereocenters. The zero-order valence-electron chi connectivity index (χ0n) is 12.6. The number of hydrogen-bond acceptors (Lipinski definition) is 3. The van der Waals surface area contributed by atoms with Gasteiger partial charge in [-0.05, 0) is 44.5 Å². The molecular weight excluding hydrogens is 306 g/mol. The molecule has 22 heavy (non-hydrogen) atoms. The summed E-state index contributed by atoms with van der Waals surface area (Å²) in [5.41, 5.74) is 5.48. The number of nitrogens with two attached hydrogens (primary N) is 1. The molecule has 0 saturated carbocycles. The average molecular weight is 326 g/mol. The van der Waals surface area contributed by atoms with Gasteiger partial charge in [-0.3, -0.25) is 14.4 Å². The molecule has 1 rings (SSSR count). The molecule has 3 amide bonds. The minimum Gasteiger partial charge on any atom is -0.370 e. The first-order valence-electron chi connectivity index (χ1n) is 6.94. The Morgan fingerprint density at radius 1 is 1.14 bits per heavy atom. The van der Waals surface area contributed by atoms with Gasteiger partial charge in [0.05, 0.1) is 0 Å². The van der Waals surface area contributed by atoms with Crippen molar-refractivity contribution in [2.45, 2.75) is 38.8 Å². The Morgan fingerprint density at radius 3 is 2.23 bits per heavy atom. The number of carbonyl (C=O) groups is 3. The molecule has 0 fully saturated rings. The fourth-order valence-corrected chi connectivity index (χ4v) is 1.91. The minimum atomic E-state index is -0.821. The van der Waals surface area contributed by atoms with Crippen molar-refractivity contribution < 1.29 is 14.4 Å². The van der Waals surface area contributed by atoms with Gasteiger partial charge in [0.1, 0.15) is 6.04 Å². The van der Waals surface area contributed by atoms with Crippen molar-refractivity contribution in [3.8, 4) is 0 Å². The molecule has 0 unspecified atom stereocenters. The molecule has 0 aliphatic heterocycles. The van der Waals surface area contributed by atoms with Gasteiger partial charge in [-0.1, -0.05) is 11.6 Å². The van der Waals surface area contributed by atoms with Gasteiger partial charge >= 0.3 is 0 Å². The van der Waals surface area contributed by atoms with Crippen molar-refractivity contribution >= 4 is 29.3 Å². The fourth-order valence-electron chi connectivity index (χ4n) is 1.78. The van der Waals surface area contributed by atoms with Crippen molar-refractivity contribution in [3.63, 3.8) is 0 Å². The van der Waals surface area contributed by atoms with Crippen LogP contribution in [0.1, 0.15) is 37.0 Å². The first-order valence-corrected chi connectivity index (χ1v) is 7.32. The second-order valence-electron chi connectivity index (χ2n) is 5.20. The van der Waals surface area contributed by atoms with Crippen molar-refractivity contribution in [1.82, 2.24) is 10.6 Å². The number of carbonyl (C=O) groups excluding carboxylic acids is 3. The highest BCUT2D eigenvalue weighted by Crippen LogP contribution is 2.10. The van der Waals surface area contributed by atoms with Crippen LogP contribution in [-0.4, -0.2) is 29.8 Å². The zero-order chi connectivity index (χ0) is 16.7. The molecule has 0 aliphatic rings. The monoisotopic (exact) mass is 325 g/mol. The van der Waals surface area contributed by atoms with Crippen LogP contribution < -0.4 is 16.4 Å². The van der Waals surface area contributed by atoms with E-state index in [4.69, 9.17) is 17.3 Å². The summed E-state index contributed by atoms with van der Waals surface area (Å²) in [4.78, 5) is 35.1. The molecule has 0 aliphatic carbocycles. The molecule has 0 saturated heterocycles. The van der Waals surface area contributed by atoms with Crippen LogP contribution in [0.5, 0.6) is 0 Å². The van der Waals surface area contributed by atoms with E-state index in [0.29, 0.717) is 10.6 Å². The lowest BCUT2D eigenvalue weighted by Gasteiger charge is -2.19. The first kappa shape index (κ1) is 18.0. The van der Waals surface area contributed by atoms with E-state index in [0.717, 1.165) is 0 Å². The third-order valence-corrected chi connectivity index (χ3v) is 3.09. The summed E-state index contributed by atoms with van der Waals surface area (Å²) in [5.74, 6) is -1.29. The van der Waals surface area contributed by atoms with Gasteiger partial charge < -0.3 is 16.4 Å². The van der Waals surface area contributed by atoms with Gasteiger partial charge in [0.25, 0.3) is 5.91 Å². The standard InChI is InChI=1S/C15H20ClN3O3/c1-9(2)18-15(22)12(7-8-13(17)20)19-14(21)10-3-5-11(16)6-4-10/h3-6,9,12H,7-8H2,1-2H3,(H2,17,20)(H,18,22)(H,19,21)/t12-/m0/s1. The van der Waals surface area contributed by atoms with Crippen LogP contribution in [0.25, 0.3) is 0 Å². The summed E-state index contributed by atoms with van der Waals surface area (Å²) in [6.07, 6.45) is 0.157. The number of rotatable bonds is 7. The summed E-state index contributed by atoms with van der Waals surface area (Å²) < 4.78 is 0. The lowest BCUT2D eigenvalue weighted by atomic mass is 10.1. The number of nitrogens with one attached hydrogen (secondary N) is 2. The molecule has 0 radical (unpaired) electrons. The van der Waals surface area contributed by atoms with E-state index in [2.05, 4.69) is 10.6 Å². The van der Waals surface area contributed by atoms with Crippen LogP contribution in [0, 0.1) is 0 Å². The van der Waals surface area contributed by atoms with E-state index in [9.17, 15) is 14.4 Å². The molecule has 1 aromatic rings. The highest BCUT2D eigenvalue weighted by Gasteiger charge is 2.22. The topological polar surface area (TPSA) is 101 Å². The summed E-state index contributed by atoms with van der Waals surface area (Å²) >= 11 is 5.77. The molecule has 0 bridgehead atoms. The Labute approximate surface area is 134 Å². The van der Waals surface area contributed by atoms with E-state index in [1.807, 2.05) is 13.8 Å². The van der Waals surface area contributed by atoms with Gasteiger partial charge in [-0.15, -0.1) is 0 Å². The van der Waals surface area contributed by atoms with Gasteiger partial charge in [-0.2, -0.15) is 0 Å². The van der Waals surface area contributed by atoms with Crippen LogP contribution in [-0.2, 0) is 9.59 Å². The SMILES string of the molecule is CC(C)NC(=O)[C@H](CCC(N)=O)NC(=O)c1ccc(Cl)cc1. The number of benzene rings is 1. The molecule has 1 aromatic carbocycles. The van der Waals surface area contributed by atoms with Gasteiger partial charge in [0, 0.05) is 23.0 Å². The van der Waals surface area contributed by atoms with Crippen molar-refractivity contribution in [2.24, 2.45) is 5.73 Å². The van der Waals surface area contributed by atoms with E-state index >= 15 is 0 Å². The van der Waals surface area contributed by atoms with Crippen molar-refractivity contribution in [1.29, 1.82) is 0 Å². The fraction of sp³-hybridized carbons (Fsp3) is 0.400. The van der Waals surface area contributed by atoms with Crippen molar-refractivity contribution in [2.75, 3.05) is 0 Å². The largest absolute Gasteiger partial charge is 0.370 e. The second-order valence-corrected chi connectivity index (χ2v) is 5.64. The van der Waals surface area contributed by atoms with Crippen LogP contribution >= 0.6 is 11.6 Å². The third-order valence-electron chi connectivity index (χ3n) is 2.84. The average Bonchev–Trinajstić information content (AvgIpc) is 2.42. The zero-order valence-corrected chi connectivity index (χ0v) is 13.3. The molecule has 0 spiro atoms. The summed E-state index contributed by atoms with van der Waals surface area (Å²) in [6.45, 7) is 3.62. The van der Waals surface area contributed by atoms with E-state index in [1.165, 1.54) is 0 Å².